The molecule has 0 bridgehead atoms. The summed E-state index contributed by atoms with van der Waals surface area (Å²) in [5.41, 5.74) is 0. The lowest BCUT2D eigenvalue weighted by atomic mass is 10.1. The van der Waals surface area contributed by atoms with E-state index in [-0.39, 0.29) is 22.2 Å². The van der Waals surface area contributed by atoms with E-state index in [1.54, 1.807) is 0 Å². The summed E-state index contributed by atoms with van der Waals surface area (Å²) in [6.45, 7) is 15.6. The van der Waals surface area contributed by atoms with Gasteiger partial charge in [0.05, 0.1) is 0 Å². The fraction of sp³-hybridized carbons (Fsp3) is 0.889. The lowest BCUT2D eigenvalue weighted by Crippen LogP contribution is -2.44. The summed E-state index contributed by atoms with van der Waals surface area (Å²) in [4.78, 5) is 22.7. The van der Waals surface area contributed by atoms with Gasteiger partial charge < -0.3 is 9.74 Å². The molecule has 0 aliphatic carbocycles. The van der Waals surface area contributed by atoms with Gasteiger partial charge in [0.2, 0.25) is 5.91 Å². The summed E-state index contributed by atoms with van der Waals surface area (Å²) in [5, 5.41) is 3.13. The smallest absolute Gasteiger partial charge is 0.216 e. The first-order chi connectivity index (χ1) is 11.0. The van der Waals surface area contributed by atoms with Gasteiger partial charge in [0, 0.05) is 31.7 Å². The first kappa shape index (κ1) is 23.7. The number of thioether (sulfide) groups is 1. The highest BCUT2D eigenvalue weighted by molar-refractivity contribution is 8.13. The first-order valence-electron chi connectivity index (χ1n) is 9.07. The van der Waals surface area contributed by atoms with Crippen LogP contribution in [0.15, 0.2) is 0 Å². The molecule has 1 N–H and O–H groups in total. The summed E-state index contributed by atoms with van der Waals surface area (Å²) in [6, 6.07) is 0. The van der Waals surface area contributed by atoms with Crippen LogP contribution in [-0.2, 0) is 14.0 Å². The van der Waals surface area contributed by atoms with E-state index in [9.17, 15) is 9.59 Å². The molecule has 0 aromatic heterocycles. The van der Waals surface area contributed by atoms with E-state index in [1.807, 2.05) is 0 Å². The first-order valence-corrected chi connectivity index (χ1v) is 13.0. The number of hydrogen-bond donors (Lipinski definition) is 1. The van der Waals surface area contributed by atoms with E-state index in [1.165, 1.54) is 18.7 Å². The summed E-state index contributed by atoms with van der Waals surface area (Å²) < 4.78 is 6.52. The van der Waals surface area contributed by atoms with E-state index in [0.717, 1.165) is 25.7 Å². The van der Waals surface area contributed by atoms with Gasteiger partial charge in [-0.3, -0.25) is 9.59 Å². The number of nitrogens with one attached hydrogen (secondary N) is 1. The highest BCUT2D eigenvalue weighted by atomic mass is 32.2. The highest BCUT2D eigenvalue weighted by Gasteiger charge is 2.38. The van der Waals surface area contributed by atoms with Crippen LogP contribution in [0.3, 0.4) is 0 Å². The average molecular weight is 376 g/mol. The zero-order valence-electron chi connectivity index (χ0n) is 16.7. The summed E-state index contributed by atoms with van der Waals surface area (Å²) in [6.07, 6.45) is 4.87. The predicted molar refractivity (Wildman–Crippen MR) is 107 cm³/mol. The number of hydrogen-bond acceptors (Lipinski definition) is 4. The average Bonchev–Trinajstić information content (AvgIpc) is 2.42. The third kappa shape index (κ3) is 10.5. The highest BCUT2D eigenvalue weighted by Crippen LogP contribution is 2.38. The van der Waals surface area contributed by atoms with Crippen molar-refractivity contribution in [2.45, 2.75) is 91.0 Å². The van der Waals surface area contributed by atoms with Crippen molar-refractivity contribution < 1.29 is 14.0 Å². The quantitative estimate of drug-likeness (QED) is 0.418. The van der Waals surface area contributed by atoms with Gasteiger partial charge in [-0.25, -0.2) is 0 Å². The molecule has 0 aliphatic rings. The van der Waals surface area contributed by atoms with Crippen molar-refractivity contribution in [1.82, 2.24) is 5.32 Å². The van der Waals surface area contributed by atoms with Gasteiger partial charge in [0.1, 0.15) is 0 Å². The van der Waals surface area contributed by atoms with E-state index in [2.05, 4.69) is 46.1 Å². The Morgan fingerprint density at radius 1 is 1.21 bits per heavy atom. The van der Waals surface area contributed by atoms with Crippen molar-refractivity contribution in [3.05, 3.63) is 0 Å². The largest absolute Gasteiger partial charge is 0.414 e. The summed E-state index contributed by atoms with van der Waals surface area (Å²) >= 11 is 1.32. The minimum absolute atomic E-state index is 0.0479. The van der Waals surface area contributed by atoms with Gasteiger partial charge >= 0.3 is 0 Å². The number of rotatable bonds is 11. The second kappa shape index (κ2) is 11.3. The Balaban J connectivity index is 4.17. The molecule has 0 aromatic carbocycles. The van der Waals surface area contributed by atoms with Crippen molar-refractivity contribution in [3.63, 3.8) is 0 Å². The Morgan fingerprint density at radius 3 is 2.33 bits per heavy atom. The topological polar surface area (TPSA) is 55.4 Å². The maximum Gasteiger partial charge on any atom is 0.216 e. The minimum atomic E-state index is -1.75. The van der Waals surface area contributed by atoms with Crippen molar-refractivity contribution in [1.29, 1.82) is 0 Å². The Morgan fingerprint density at radius 2 is 1.83 bits per heavy atom. The Hall–Kier alpha value is -0.333. The van der Waals surface area contributed by atoms with Crippen LogP contribution in [0, 0.1) is 0 Å². The van der Waals surface area contributed by atoms with Crippen molar-refractivity contribution in [3.8, 4) is 0 Å². The molecule has 1 amide bonds. The monoisotopic (exact) mass is 375 g/mol. The van der Waals surface area contributed by atoms with Gasteiger partial charge in [0.15, 0.2) is 13.4 Å². The summed E-state index contributed by atoms with van der Waals surface area (Å²) in [7, 11) is -1.75. The fourth-order valence-corrected chi connectivity index (χ4v) is 4.26. The van der Waals surface area contributed by atoms with E-state index in [4.69, 9.17) is 4.43 Å². The lowest BCUT2D eigenvalue weighted by Gasteiger charge is -2.39. The second-order valence-electron chi connectivity index (χ2n) is 7.88. The van der Waals surface area contributed by atoms with Gasteiger partial charge in [-0.05, 0) is 37.4 Å². The second-order valence-corrected chi connectivity index (χ2v) is 13.8. The van der Waals surface area contributed by atoms with Crippen molar-refractivity contribution in [2.24, 2.45) is 0 Å². The molecule has 24 heavy (non-hydrogen) atoms. The fourth-order valence-electron chi connectivity index (χ4n) is 2.12. The Labute approximate surface area is 154 Å². The van der Waals surface area contributed by atoms with Gasteiger partial charge in [-0.15, -0.1) is 0 Å². The van der Waals surface area contributed by atoms with Crippen LogP contribution in [0.2, 0.25) is 18.1 Å². The molecule has 0 aliphatic heterocycles. The van der Waals surface area contributed by atoms with Gasteiger partial charge in [-0.1, -0.05) is 45.9 Å². The molecule has 0 spiro atoms. The predicted octanol–water partition coefficient (Wildman–Crippen LogP) is 4.74. The molecule has 6 heteroatoms. The standard InChI is InChI=1S/C18H37NO3SSi/c1-8-10-16(22-24(6,7)18(3,4)5)11-9-12-17(21)23-14-13-19-15(2)20/h16H,8-14H2,1-7H3,(H,19,20)/t16-/m0/s1. The molecule has 0 aromatic rings. The lowest BCUT2D eigenvalue weighted by molar-refractivity contribution is -0.118. The number of carbonyl (C=O) groups is 2. The molecular weight excluding hydrogens is 338 g/mol. The Bertz CT molecular complexity index is 394. The molecule has 0 rings (SSSR count). The molecule has 142 valence electrons. The van der Waals surface area contributed by atoms with E-state index < -0.39 is 8.32 Å². The maximum atomic E-state index is 11.9. The van der Waals surface area contributed by atoms with Crippen LogP contribution in [0.4, 0.5) is 0 Å². The third-order valence-corrected chi connectivity index (χ3v) is 9.99. The molecular formula is C18H37NO3SSi. The van der Waals surface area contributed by atoms with Crippen LogP contribution in [-0.4, -0.2) is 37.7 Å². The van der Waals surface area contributed by atoms with Gasteiger partial charge in [0.25, 0.3) is 0 Å². The van der Waals surface area contributed by atoms with Crippen LogP contribution in [0.1, 0.15) is 66.7 Å². The van der Waals surface area contributed by atoms with Crippen LogP contribution >= 0.6 is 11.8 Å². The third-order valence-electron chi connectivity index (χ3n) is 4.52. The van der Waals surface area contributed by atoms with E-state index in [0.29, 0.717) is 18.7 Å². The van der Waals surface area contributed by atoms with E-state index >= 15 is 0 Å². The molecule has 0 saturated heterocycles. The number of carbonyl (C=O) groups excluding carboxylic acids is 2. The van der Waals surface area contributed by atoms with Crippen molar-refractivity contribution in [2.75, 3.05) is 12.3 Å². The van der Waals surface area contributed by atoms with Crippen LogP contribution < -0.4 is 5.32 Å². The van der Waals surface area contributed by atoms with Crippen LogP contribution in [0.25, 0.3) is 0 Å². The van der Waals surface area contributed by atoms with Gasteiger partial charge in [-0.2, -0.15) is 0 Å². The number of amides is 1. The molecule has 4 nitrogen and oxygen atoms in total. The van der Waals surface area contributed by atoms with Crippen LogP contribution in [0.5, 0.6) is 0 Å². The zero-order chi connectivity index (χ0) is 18.8. The molecule has 0 saturated carbocycles. The van der Waals surface area contributed by atoms with Crippen molar-refractivity contribution >= 4 is 31.1 Å². The molecule has 0 heterocycles. The molecule has 1 atom stereocenters. The minimum Gasteiger partial charge on any atom is -0.414 e. The Kier molecular flexibility index (Phi) is 11.2. The SMILES string of the molecule is CCC[C@@H](CCCC(=O)SCCNC(C)=O)O[Si](C)(C)C(C)(C)C. The normalized spacial score (nSPS) is 13.6. The molecule has 0 fully saturated rings. The summed E-state index contributed by atoms with van der Waals surface area (Å²) in [5.74, 6) is 0.602. The molecule has 0 radical (unpaired) electrons. The zero-order valence-corrected chi connectivity index (χ0v) is 18.5. The molecule has 0 unspecified atom stereocenters. The maximum absolute atomic E-state index is 11.9.